The zero-order valence-corrected chi connectivity index (χ0v) is 19.5. The predicted octanol–water partition coefficient (Wildman–Crippen LogP) is 5.34. The average Bonchev–Trinajstić information content (AvgIpc) is 2.89. The normalized spacial score (nSPS) is 14.3. The molecular formula is C29H29N3O2. The van der Waals surface area contributed by atoms with Crippen molar-refractivity contribution >= 4 is 22.5 Å². The zero-order chi connectivity index (χ0) is 23.3. The lowest BCUT2D eigenvalue weighted by Crippen LogP contribution is -2.37. The first-order valence-electron chi connectivity index (χ1n) is 11.8. The van der Waals surface area contributed by atoms with Crippen LogP contribution in [0.1, 0.15) is 21.5 Å². The summed E-state index contributed by atoms with van der Waals surface area (Å²) in [6, 6.07) is 26.1. The van der Waals surface area contributed by atoms with Crippen LogP contribution in [0.5, 0.6) is 0 Å². The number of carbonyl (C=O) groups is 1. The predicted molar refractivity (Wildman–Crippen MR) is 137 cm³/mol. The van der Waals surface area contributed by atoms with E-state index in [1.54, 1.807) is 0 Å². The highest BCUT2D eigenvalue weighted by Crippen LogP contribution is 2.26. The lowest BCUT2D eigenvalue weighted by Gasteiger charge is -2.26. The van der Waals surface area contributed by atoms with Gasteiger partial charge in [-0.1, -0.05) is 54.1 Å². The molecule has 0 spiro atoms. The number of hydrogen-bond acceptors (Lipinski definition) is 4. The maximum absolute atomic E-state index is 13.4. The maximum Gasteiger partial charge on any atom is 0.256 e. The SMILES string of the molecule is Cc1ccc2nc(-c3ccccc3)cc(C(=O)Nc3ccc(CCN4CCOCC4)cc3)c2c1. The van der Waals surface area contributed by atoms with Crippen LogP contribution >= 0.6 is 0 Å². The summed E-state index contributed by atoms with van der Waals surface area (Å²) in [6.45, 7) is 6.69. The molecule has 1 aliphatic heterocycles. The van der Waals surface area contributed by atoms with E-state index in [1.165, 1.54) is 5.56 Å². The Balaban J connectivity index is 1.36. The highest BCUT2D eigenvalue weighted by Gasteiger charge is 2.15. The number of aryl methyl sites for hydroxylation is 1. The molecule has 1 amide bonds. The van der Waals surface area contributed by atoms with E-state index in [1.807, 2.05) is 73.7 Å². The molecule has 0 radical (unpaired) electrons. The van der Waals surface area contributed by atoms with Crippen molar-refractivity contribution < 1.29 is 9.53 Å². The van der Waals surface area contributed by atoms with Crippen molar-refractivity contribution in [1.82, 2.24) is 9.88 Å². The number of amides is 1. The molecule has 1 fully saturated rings. The zero-order valence-electron chi connectivity index (χ0n) is 19.5. The highest BCUT2D eigenvalue weighted by molar-refractivity contribution is 6.13. The van der Waals surface area contributed by atoms with E-state index in [4.69, 9.17) is 9.72 Å². The van der Waals surface area contributed by atoms with Crippen LogP contribution in [0.2, 0.25) is 0 Å². The molecule has 5 rings (SSSR count). The summed E-state index contributed by atoms with van der Waals surface area (Å²) in [5.41, 5.74) is 6.38. The number of anilines is 1. The van der Waals surface area contributed by atoms with Gasteiger partial charge in [0.05, 0.1) is 30.0 Å². The maximum atomic E-state index is 13.4. The first-order chi connectivity index (χ1) is 16.7. The number of fused-ring (bicyclic) bond motifs is 1. The lowest BCUT2D eigenvalue weighted by molar-refractivity contribution is 0.0384. The molecule has 2 heterocycles. The van der Waals surface area contributed by atoms with Crippen LogP contribution in [-0.4, -0.2) is 48.6 Å². The van der Waals surface area contributed by atoms with Gasteiger partial charge in [0.15, 0.2) is 0 Å². The molecule has 0 atom stereocenters. The Hall–Kier alpha value is -3.54. The third-order valence-corrected chi connectivity index (χ3v) is 6.31. The fourth-order valence-corrected chi connectivity index (χ4v) is 4.35. The number of carbonyl (C=O) groups excluding carboxylic acids is 1. The topological polar surface area (TPSA) is 54.5 Å². The van der Waals surface area contributed by atoms with E-state index < -0.39 is 0 Å². The summed E-state index contributed by atoms with van der Waals surface area (Å²) in [4.78, 5) is 20.6. The molecule has 0 aliphatic carbocycles. The van der Waals surface area contributed by atoms with E-state index in [9.17, 15) is 4.79 Å². The fraction of sp³-hybridized carbons (Fsp3) is 0.241. The summed E-state index contributed by atoms with van der Waals surface area (Å²) in [5.74, 6) is -0.128. The summed E-state index contributed by atoms with van der Waals surface area (Å²) in [6.07, 6.45) is 0.989. The van der Waals surface area contributed by atoms with Gasteiger partial charge in [-0.3, -0.25) is 9.69 Å². The largest absolute Gasteiger partial charge is 0.379 e. The number of pyridine rings is 1. The van der Waals surface area contributed by atoms with Crippen LogP contribution in [0, 0.1) is 6.92 Å². The second-order valence-corrected chi connectivity index (χ2v) is 8.80. The average molecular weight is 452 g/mol. The molecule has 4 aromatic rings. The molecule has 3 aromatic carbocycles. The van der Waals surface area contributed by atoms with Gasteiger partial charge in [0, 0.05) is 36.3 Å². The van der Waals surface area contributed by atoms with Crippen molar-refractivity contribution in [2.24, 2.45) is 0 Å². The van der Waals surface area contributed by atoms with Crippen LogP contribution in [0.25, 0.3) is 22.2 Å². The molecular weight excluding hydrogens is 422 g/mol. The number of aromatic nitrogens is 1. The van der Waals surface area contributed by atoms with Gasteiger partial charge in [-0.25, -0.2) is 4.98 Å². The molecule has 0 saturated carbocycles. The van der Waals surface area contributed by atoms with Crippen LogP contribution < -0.4 is 5.32 Å². The van der Waals surface area contributed by atoms with Gasteiger partial charge in [-0.2, -0.15) is 0 Å². The Morgan fingerprint density at radius 1 is 0.971 bits per heavy atom. The number of nitrogens with zero attached hydrogens (tertiary/aromatic N) is 2. The number of benzene rings is 3. The van der Waals surface area contributed by atoms with Crippen molar-refractivity contribution in [3.05, 3.63) is 95.6 Å². The monoisotopic (exact) mass is 451 g/mol. The standard InChI is InChI=1S/C29H29N3O2/c1-21-7-12-27-25(19-21)26(20-28(31-27)23-5-3-2-4-6-23)29(33)30-24-10-8-22(9-11-24)13-14-32-15-17-34-18-16-32/h2-12,19-20H,13-18H2,1H3,(H,30,33). The Kier molecular flexibility index (Phi) is 6.65. The summed E-state index contributed by atoms with van der Waals surface area (Å²) in [5, 5.41) is 3.95. The van der Waals surface area contributed by atoms with Gasteiger partial charge in [0.1, 0.15) is 0 Å². The highest BCUT2D eigenvalue weighted by atomic mass is 16.5. The molecule has 5 nitrogen and oxygen atoms in total. The fourth-order valence-electron chi connectivity index (χ4n) is 4.35. The molecule has 34 heavy (non-hydrogen) atoms. The summed E-state index contributed by atoms with van der Waals surface area (Å²) in [7, 11) is 0. The lowest BCUT2D eigenvalue weighted by atomic mass is 10.0. The Bertz CT molecular complexity index is 1280. The Labute approximate surface area is 200 Å². The molecule has 1 N–H and O–H groups in total. The van der Waals surface area contributed by atoms with Gasteiger partial charge < -0.3 is 10.1 Å². The minimum Gasteiger partial charge on any atom is -0.379 e. The second kappa shape index (κ2) is 10.2. The van der Waals surface area contributed by atoms with E-state index in [0.717, 1.165) is 72.7 Å². The quantitative estimate of drug-likeness (QED) is 0.430. The van der Waals surface area contributed by atoms with Crippen molar-refractivity contribution in [3.8, 4) is 11.3 Å². The van der Waals surface area contributed by atoms with Crippen molar-refractivity contribution in [3.63, 3.8) is 0 Å². The minimum atomic E-state index is -0.128. The second-order valence-electron chi connectivity index (χ2n) is 8.80. The van der Waals surface area contributed by atoms with Crippen LogP contribution in [0.15, 0.2) is 78.9 Å². The van der Waals surface area contributed by atoms with Gasteiger partial charge in [-0.15, -0.1) is 0 Å². The van der Waals surface area contributed by atoms with Gasteiger partial charge in [0.25, 0.3) is 5.91 Å². The van der Waals surface area contributed by atoms with Gasteiger partial charge >= 0.3 is 0 Å². The number of hydrogen-bond donors (Lipinski definition) is 1. The Morgan fingerprint density at radius 3 is 2.50 bits per heavy atom. The van der Waals surface area contributed by atoms with Gasteiger partial charge in [-0.05, 0) is 49.2 Å². The number of rotatable bonds is 6. The number of morpholine rings is 1. The van der Waals surface area contributed by atoms with Crippen LogP contribution in [-0.2, 0) is 11.2 Å². The van der Waals surface area contributed by atoms with Crippen LogP contribution in [0.3, 0.4) is 0 Å². The molecule has 0 unspecified atom stereocenters. The molecule has 1 aliphatic rings. The molecule has 1 aromatic heterocycles. The third kappa shape index (κ3) is 5.16. The first-order valence-corrected chi connectivity index (χ1v) is 11.8. The van der Waals surface area contributed by atoms with E-state index in [-0.39, 0.29) is 5.91 Å². The molecule has 0 bridgehead atoms. The van der Waals surface area contributed by atoms with E-state index >= 15 is 0 Å². The van der Waals surface area contributed by atoms with Crippen LogP contribution in [0.4, 0.5) is 5.69 Å². The summed E-state index contributed by atoms with van der Waals surface area (Å²) < 4.78 is 5.42. The smallest absolute Gasteiger partial charge is 0.256 e. The summed E-state index contributed by atoms with van der Waals surface area (Å²) >= 11 is 0. The number of nitrogens with one attached hydrogen (secondary N) is 1. The molecule has 5 heteroatoms. The number of ether oxygens (including phenoxy) is 1. The first kappa shape index (κ1) is 22.3. The van der Waals surface area contributed by atoms with E-state index in [2.05, 4.69) is 22.3 Å². The van der Waals surface area contributed by atoms with Crippen molar-refractivity contribution in [1.29, 1.82) is 0 Å². The third-order valence-electron chi connectivity index (χ3n) is 6.31. The molecule has 1 saturated heterocycles. The molecule has 172 valence electrons. The van der Waals surface area contributed by atoms with Crippen molar-refractivity contribution in [2.45, 2.75) is 13.3 Å². The van der Waals surface area contributed by atoms with Gasteiger partial charge in [0.2, 0.25) is 0 Å². The Morgan fingerprint density at radius 2 is 1.74 bits per heavy atom. The van der Waals surface area contributed by atoms with Crippen molar-refractivity contribution in [2.75, 3.05) is 38.2 Å². The van der Waals surface area contributed by atoms with E-state index in [0.29, 0.717) is 5.56 Å². The minimum absolute atomic E-state index is 0.128.